The highest BCUT2D eigenvalue weighted by molar-refractivity contribution is 8.07. The Kier molecular flexibility index (Phi) is 5.28. The SMILES string of the molecule is COP(=S)(OC)Oc1ccc([S@](C)=O)c(C)c1. The fourth-order valence-electron chi connectivity index (χ4n) is 1.28. The summed E-state index contributed by atoms with van der Waals surface area (Å²) < 4.78 is 26.9. The van der Waals surface area contributed by atoms with Crippen molar-refractivity contribution in [3.63, 3.8) is 0 Å². The summed E-state index contributed by atoms with van der Waals surface area (Å²) in [6.45, 7) is -0.836. The Morgan fingerprint density at radius 3 is 2.29 bits per heavy atom. The van der Waals surface area contributed by atoms with Crippen LogP contribution in [0.15, 0.2) is 23.1 Å². The second kappa shape index (κ2) is 6.07. The fraction of sp³-hybridized carbons (Fsp3) is 0.400. The number of rotatable bonds is 5. The first-order chi connectivity index (χ1) is 7.91. The largest absolute Gasteiger partial charge is 0.424 e. The van der Waals surface area contributed by atoms with Gasteiger partial charge in [0.25, 0.3) is 0 Å². The van der Waals surface area contributed by atoms with Crippen LogP contribution in [-0.4, -0.2) is 24.7 Å². The molecule has 0 aliphatic heterocycles. The van der Waals surface area contributed by atoms with Crippen molar-refractivity contribution in [3.8, 4) is 5.75 Å². The lowest BCUT2D eigenvalue weighted by atomic mass is 10.2. The summed E-state index contributed by atoms with van der Waals surface area (Å²) in [5, 5.41) is 0. The highest BCUT2D eigenvalue weighted by atomic mass is 32.5. The average Bonchev–Trinajstić information content (AvgIpc) is 2.28. The molecule has 1 rings (SSSR count). The van der Waals surface area contributed by atoms with E-state index in [2.05, 4.69) is 0 Å². The monoisotopic (exact) mass is 294 g/mol. The average molecular weight is 294 g/mol. The molecule has 0 saturated carbocycles. The highest BCUT2D eigenvalue weighted by Gasteiger charge is 2.18. The maximum absolute atomic E-state index is 11.4. The van der Waals surface area contributed by atoms with Gasteiger partial charge in [-0.25, -0.2) is 0 Å². The van der Waals surface area contributed by atoms with Crippen molar-refractivity contribution in [2.75, 3.05) is 20.5 Å². The lowest BCUT2D eigenvalue weighted by Gasteiger charge is -2.18. The molecule has 0 aromatic heterocycles. The van der Waals surface area contributed by atoms with Crippen molar-refractivity contribution >= 4 is 29.3 Å². The maximum atomic E-state index is 11.4. The van der Waals surface area contributed by atoms with Crippen LogP contribution in [0.5, 0.6) is 5.75 Å². The molecule has 96 valence electrons. The second-order valence-electron chi connectivity index (χ2n) is 3.29. The number of aryl methyl sites for hydroxylation is 1. The topological polar surface area (TPSA) is 44.8 Å². The third kappa shape index (κ3) is 3.86. The lowest BCUT2D eigenvalue weighted by molar-refractivity contribution is 0.273. The molecule has 0 saturated heterocycles. The van der Waals surface area contributed by atoms with Crippen LogP contribution in [0.4, 0.5) is 0 Å². The van der Waals surface area contributed by atoms with Gasteiger partial charge in [-0.3, -0.25) is 4.21 Å². The van der Waals surface area contributed by atoms with Crippen molar-refractivity contribution in [2.24, 2.45) is 0 Å². The van der Waals surface area contributed by atoms with E-state index in [4.69, 9.17) is 25.4 Å². The first-order valence-electron chi connectivity index (χ1n) is 4.77. The highest BCUT2D eigenvalue weighted by Crippen LogP contribution is 2.48. The van der Waals surface area contributed by atoms with Gasteiger partial charge in [-0.15, -0.1) is 0 Å². The van der Waals surface area contributed by atoms with E-state index in [-0.39, 0.29) is 0 Å². The molecule has 0 amide bonds. The first kappa shape index (κ1) is 14.8. The molecular formula is C10H15O4PS2. The maximum Gasteiger partial charge on any atom is 0.380 e. The van der Waals surface area contributed by atoms with Gasteiger partial charge >= 0.3 is 6.72 Å². The van der Waals surface area contributed by atoms with Crippen LogP contribution in [0.2, 0.25) is 0 Å². The molecule has 7 heteroatoms. The molecule has 0 unspecified atom stereocenters. The zero-order chi connectivity index (χ0) is 13.1. The summed E-state index contributed by atoms with van der Waals surface area (Å²) in [7, 11) is 1.89. The standard InChI is InChI=1S/C10H15O4PS2/c1-8-7-9(5-6-10(8)17(4)11)14-15(16,12-2)13-3/h5-7H,1-4H3/t17-/m0/s1. The molecule has 0 fully saturated rings. The van der Waals surface area contributed by atoms with Crippen molar-refractivity contribution in [2.45, 2.75) is 11.8 Å². The van der Waals surface area contributed by atoms with Crippen LogP contribution in [0.3, 0.4) is 0 Å². The zero-order valence-electron chi connectivity index (χ0n) is 10.1. The third-order valence-corrected chi connectivity index (χ3v) is 5.64. The van der Waals surface area contributed by atoms with Crippen molar-refractivity contribution < 1.29 is 17.8 Å². The Morgan fingerprint density at radius 2 is 1.88 bits per heavy atom. The van der Waals surface area contributed by atoms with Crippen molar-refractivity contribution in [3.05, 3.63) is 23.8 Å². The summed E-state index contributed by atoms with van der Waals surface area (Å²) >= 11 is 5.10. The Labute approximate surface area is 109 Å². The van der Waals surface area contributed by atoms with Gasteiger partial charge in [-0.1, -0.05) is 0 Å². The van der Waals surface area contributed by atoms with E-state index in [1.54, 1.807) is 24.5 Å². The molecule has 0 aliphatic rings. The van der Waals surface area contributed by atoms with Crippen molar-refractivity contribution in [1.82, 2.24) is 0 Å². The summed E-state index contributed by atoms with van der Waals surface area (Å²) in [5.74, 6) is 0.559. The van der Waals surface area contributed by atoms with Crippen LogP contribution in [0, 0.1) is 6.92 Å². The quantitative estimate of drug-likeness (QED) is 0.781. The van der Waals surface area contributed by atoms with Gasteiger partial charge in [0.15, 0.2) is 0 Å². The van der Waals surface area contributed by atoms with Gasteiger partial charge in [0.05, 0.1) is 10.8 Å². The number of hydrogen-bond acceptors (Lipinski definition) is 5. The second-order valence-corrected chi connectivity index (χ2v) is 7.78. The fourth-order valence-corrected chi connectivity index (χ4v) is 2.98. The Bertz CT molecular complexity index is 467. The minimum absolute atomic E-state index is 0.559. The van der Waals surface area contributed by atoms with Crippen LogP contribution < -0.4 is 4.52 Å². The van der Waals surface area contributed by atoms with Gasteiger partial charge in [0, 0.05) is 37.2 Å². The predicted octanol–water partition coefficient (Wildman–Crippen LogP) is 2.63. The van der Waals surface area contributed by atoms with E-state index in [1.807, 2.05) is 6.92 Å². The Balaban J connectivity index is 2.99. The van der Waals surface area contributed by atoms with E-state index >= 15 is 0 Å². The van der Waals surface area contributed by atoms with Crippen LogP contribution in [0.1, 0.15) is 5.56 Å². The molecule has 0 radical (unpaired) electrons. The van der Waals surface area contributed by atoms with E-state index in [0.717, 1.165) is 10.5 Å². The van der Waals surface area contributed by atoms with E-state index in [9.17, 15) is 4.21 Å². The zero-order valence-corrected chi connectivity index (χ0v) is 12.7. The van der Waals surface area contributed by atoms with Crippen LogP contribution in [0.25, 0.3) is 0 Å². The smallest absolute Gasteiger partial charge is 0.380 e. The van der Waals surface area contributed by atoms with Gasteiger partial charge in [0.1, 0.15) is 5.75 Å². The first-order valence-corrected chi connectivity index (χ1v) is 8.88. The summed E-state index contributed by atoms with van der Waals surface area (Å²) in [6.07, 6.45) is 1.64. The number of benzene rings is 1. The molecule has 0 spiro atoms. The Morgan fingerprint density at radius 1 is 1.29 bits per heavy atom. The predicted molar refractivity (Wildman–Crippen MR) is 72.4 cm³/mol. The van der Waals surface area contributed by atoms with Gasteiger partial charge in [-0.2, -0.15) is 0 Å². The molecule has 0 N–H and O–H groups in total. The molecular weight excluding hydrogens is 279 g/mol. The minimum Gasteiger partial charge on any atom is -0.424 e. The van der Waals surface area contributed by atoms with E-state index in [0.29, 0.717) is 5.75 Å². The van der Waals surface area contributed by atoms with Gasteiger partial charge in [-0.05, 0) is 30.7 Å². The van der Waals surface area contributed by atoms with E-state index < -0.39 is 17.5 Å². The molecule has 1 atom stereocenters. The molecule has 17 heavy (non-hydrogen) atoms. The third-order valence-electron chi connectivity index (χ3n) is 2.12. The molecule has 0 aliphatic carbocycles. The van der Waals surface area contributed by atoms with Crippen molar-refractivity contribution in [1.29, 1.82) is 0 Å². The van der Waals surface area contributed by atoms with Crippen LogP contribution in [-0.2, 0) is 31.7 Å². The van der Waals surface area contributed by atoms with Gasteiger partial charge < -0.3 is 13.6 Å². The molecule has 0 bridgehead atoms. The Hall–Kier alpha value is -0.260. The molecule has 1 aromatic rings. The normalized spacial score (nSPS) is 13.4. The van der Waals surface area contributed by atoms with Crippen LogP contribution >= 0.6 is 6.72 Å². The molecule has 4 nitrogen and oxygen atoms in total. The summed E-state index contributed by atoms with van der Waals surface area (Å²) in [5.41, 5.74) is 0.886. The molecule has 1 aromatic carbocycles. The minimum atomic E-state index is -2.70. The summed E-state index contributed by atoms with van der Waals surface area (Å²) in [6, 6.07) is 5.24. The van der Waals surface area contributed by atoms with Gasteiger partial charge in [0.2, 0.25) is 0 Å². The molecule has 0 heterocycles. The lowest BCUT2D eigenvalue weighted by Crippen LogP contribution is -1.98. The summed E-state index contributed by atoms with van der Waals surface area (Å²) in [4.78, 5) is 0.778. The number of hydrogen-bond donors (Lipinski definition) is 0. The van der Waals surface area contributed by atoms with E-state index in [1.165, 1.54) is 14.2 Å².